The Bertz CT molecular complexity index is 499. The van der Waals surface area contributed by atoms with Crippen LogP contribution in [0.15, 0.2) is 30.3 Å². The topological polar surface area (TPSA) is 20.2 Å². The van der Waals surface area contributed by atoms with Crippen molar-refractivity contribution in [1.82, 2.24) is 0 Å². The molecule has 0 radical (unpaired) electrons. The summed E-state index contributed by atoms with van der Waals surface area (Å²) in [7, 11) is 0. The molecule has 2 aromatic rings. The molecule has 1 N–H and O–H groups in total. The Morgan fingerprint density at radius 2 is 1.81 bits per heavy atom. The summed E-state index contributed by atoms with van der Waals surface area (Å²) in [5.74, 6) is 0. The minimum absolute atomic E-state index is 0.487. The standard InChI is InChI=1S/C14H16OS/c1-9-4-6-12(10(2)8-9)14(15)13-7-5-11(3)16-13/h4-8,14-15H,1-3H3. The lowest BCUT2D eigenvalue weighted by Gasteiger charge is -2.12. The molecular formula is C14H16OS. The molecule has 1 unspecified atom stereocenters. The first-order chi connectivity index (χ1) is 7.58. The van der Waals surface area contributed by atoms with Gasteiger partial charge >= 0.3 is 0 Å². The van der Waals surface area contributed by atoms with Gasteiger partial charge in [0.25, 0.3) is 0 Å². The van der Waals surface area contributed by atoms with Crippen molar-refractivity contribution < 1.29 is 5.11 Å². The van der Waals surface area contributed by atoms with Crippen molar-refractivity contribution in [2.75, 3.05) is 0 Å². The maximum atomic E-state index is 10.3. The number of rotatable bonds is 2. The van der Waals surface area contributed by atoms with Gasteiger partial charge in [-0.05, 0) is 44.0 Å². The molecule has 84 valence electrons. The van der Waals surface area contributed by atoms with E-state index in [2.05, 4.69) is 19.9 Å². The van der Waals surface area contributed by atoms with E-state index in [1.165, 1.54) is 10.4 Å². The third kappa shape index (κ3) is 2.18. The van der Waals surface area contributed by atoms with Gasteiger partial charge in [-0.15, -0.1) is 11.3 Å². The fraction of sp³-hybridized carbons (Fsp3) is 0.286. The molecule has 0 saturated heterocycles. The number of aliphatic hydroxyl groups excluding tert-OH is 1. The molecule has 0 saturated carbocycles. The van der Waals surface area contributed by atoms with E-state index < -0.39 is 6.10 Å². The van der Waals surface area contributed by atoms with E-state index in [4.69, 9.17) is 0 Å². The first-order valence-corrected chi connectivity index (χ1v) is 6.21. The van der Waals surface area contributed by atoms with Gasteiger partial charge in [-0.25, -0.2) is 0 Å². The minimum Gasteiger partial charge on any atom is -0.383 e. The average Bonchev–Trinajstić information content (AvgIpc) is 2.64. The second-order valence-corrected chi connectivity index (χ2v) is 5.53. The highest BCUT2D eigenvalue weighted by Gasteiger charge is 2.14. The fourth-order valence-corrected chi connectivity index (χ4v) is 2.77. The van der Waals surface area contributed by atoms with E-state index in [1.807, 2.05) is 31.2 Å². The summed E-state index contributed by atoms with van der Waals surface area (Å²) in [5, 5.41) is 10.3. The molecule has 2 rings (SSSR count). The second kappa shape index (κ2) is 4.40. The zero-order valence-corrected chi connectivity index (χ0v) is 10.6. The molecule has 1 aromatic carbocycles. The van der Waals surface area contributed by atoms with Crippen molar-refractivity contribution in [3.63, 3.8) is 0 Å². The van der Waals surface area contributed by atoms with E-state index in [0.717, 1.165) is 16.0 Å². The summed E-state index contributed by atoms with van der Waals surface area (Å²) in [6.07, 6.45) is -0.487. The summed E-state index contributed by atoms with van der Waals surface area (Å²) in [4.78, 5) is 2.25. The fourth-order valence-electron chi connectivity index (χ4n) is 1.89. The van der Waals surface area contributed by atoms with Gasteiger partial charge < -0.3 is 5.11 Å². The molecule has 1 nitrogen and oxygen atoms in total. The largest absolute Gasteiger partial charge is 0.383 e. The second-order valence-electron chi connectivity index (χ2n) is 4.21. The SMILES string of the molecule is Cc1ccc(C(O)c2ccc(C)s2)c(C)c1. The van der Waals surface area contributed by atoms with Crippen molar-refractivity contribution >= 4 is 11.3 Å². The van der Waals surface area contributed by atoms with Crippen LogP contribution in [0.25, 0.3) is 0 Å². The predicted molar refractivity (Wildman–Crippen MR) is 69.0 cm³/mol. The molecule has 0 bridgehead atoms. The highest BCUT2D eigenvalue weighted by atomic mass is 32.1. The monoisotopic (exact) mass is 232 g/mol. The van der Waals surface area contributed by atoms with E-state index >= 15 is 0 Å². The third-order valence-electron chi connectivity index (χ3n) is 2.75. The first kappa shape index (κ1) is 11.4. The Labute approximate surface area is 100 Å². The number of hydrogen-bond acceptors (Lipinski definition) is 2. The molecule has 0 aliphatic rings. The van der Waals surface area contributed by atoms with Crippen LogP contribution in [0.5, 0.6) is 0 Å². The summed E-state index contributed by atoms with van der Waals surface area (Å²) in [5.41, 5.74) is 3.39. The third-order valence-corrected chi connectivity index (χ3v) is 3.80. The molecular weight excluding hydrogens is 216 g/mol. The summed E-state index contributed by atoms with van der Waals surface area (Å²) >= 11 is 1.65. The number of aliphatic hydroxyl groups is 1. The maximum absolute atomic E-state index is 10.3. The number of benzene rings is 1. The van der Waals surface area contributed by atoms with E-state index in [0.29, 0.717) is 0 Å². The van der Waals surface area contributed by atoms with E-state index in [9.17, 15) is 5.11 Å². The normalized spacial score (nSPS) is 12.8. The zero-order chi connectivity index (χ0) is 11.7. The van der Waals surface area contributed by atoms with Crippen LogP contribution >= 0.6 is 11.3 Å². The van der Waals surface area contributed by atoms with Crippen molar-refractivity contribution in [3.05, 3.63) is 56.8 Å². The Morgan fingerprint density at radius 3 is 2.38 bits per heavy atom. The highest BCUT2D eigenvalue weighted by molar-refractivity contribution is 7.12. The van der Waals surface area contributed by atoms with Gasteiger partial charge in [0.2, 0.25) is 0 Å². The molecule has 0 aliphatic carbocycles. The maximum Gasteiger partial charge on any atom is 0.113 e. The molecule has 16 heavy (non-hydrogen) atoms. The first-order valence-electron chi connectivity index (χ1n) is 5.39. The quantitative estimate of drug-likeness (QED) is 0.836. The lowest BCUT2D eigenvalue weighted by molar-refractivity contribution is 0.223. The van der Waals surface area contributed by atoms with Gasteiger partial charge in [-0.1, -0.05) is 23.8 Å². The summed E-state index contributed by atoms with van der Waals surface area (Å²) in [6, 6.07) is 10.2. The molecule has 0 fully saturated rings. The van der Waals surface area contributed by atoms with Crippen LogP contribution in [0.3, 0.4) is 0 Å². The van der Waals surface area contributed by atoms with Crippen LogP contribution in [0.4, 0.5) is 0 Å². The minimum atomic E-state index is -0.487. The Balaban J connectivity index is 2.37. The molecule has 0 aliphatic heterocycles. The van der Waals surface area contributed by atoms with Crippen LogP contribution < -0.4 is 0 Å². The Morgan fingerprint density at radius 1 is 1.06 bits per heavy atom. The predicted octanol–water partition coefficient (Wildman–Crippen LogP) is 3.76. The lowest BCUT2D eigenvalue weighted by atomic mass is 10.0. The highest BCUT2D eigenvalue weighted by Crippen LogP contribution is 2.30. The number of hydrogen-bond donors (Lipinski definition) is 1. The van der Waals surface area contributed by atoms with Gasteiger partial charge in [0.05, 0.1) is 0 Å². The summed E-state index contributed by atoms with van der Waals surface area (Å²) < 4.78 is 0. The molecule has 2 heteroatoms. The lowest BCUT2D eigenvalue weighted by Crippen LogP contribution is -1.99. The van der Waals surface area contributed by atoms with E-state index in [-0.39, 0.29) is 0 Å². The van der Waals surface area contributed by atoms with Gasteiger partial charge in [-0.2, -0.15) is 0 Å². The number of thiophene rings is 1. The van der Waals surface area contributed by atoms with Crippen molar-refractivity contribution in [1.29, 1.82) is 0 Å². The van der Waals surface area contributed by atoms with E-state index in [1.54, 1.807) is 11.3 Å². The average molecular weight is 232 g/mol. The number of aryl methyl sites for hydroxylation is 3. The van der Waals surface area contributed by atoms with Crippen molar-refractivity contribution in [2.24, 2.45) is 0 Å². The smallest absolute Gasteiger partial charge is 0.113 e. The van der Waals surface area contributed by atoms with Gasteiger partial charge in [-0.3, -0.25) is 0 Å². The van der Waals surface area contributed by atoms with Crippen molar-refractivity contribution in [3.8, 4) is 0 Å². The molecule has 0 spiro atoms. The molecule has 1 aromatic heterocycles. The van der Waals surface area contributed by atoms with Crippen LogP contribution in [-0.4, -0.2) is 5.11 Å². The molecule has 1 atom stereocenters. The molecule has 1 heterocycles. The van der Waals surface area contributed by atoms with Gasteiger partial charge in [0, 0.05) is 9.75 Å². The Kier molecular flexibility index (Phi) is 3.13. The van der Waals surface area contributed by atoms with Crippen molar-refractivity contribution in [2.45, 2.75) is 26.9 Å². The van der Waals surface area contributed by atoms with Crippen LogP contribution in [0.2, 0.25) is 0 Å². The van der Waals surface area contributed by atoms with Gasteiger partial charge in [0.1, 0.15) is 6.10 Å². The van der Waals surface area contributed by atoms with Crippen LogP contribution in [0, 0.1) is 20.8 Å². The zero-order valence-electron chi connectivity index (χ0n) is 9.82. The Hall–Kier alpha value is -1.12. The summed E-state index contributed by atoms with van der Waals surface area (Å²) in [6.45, 7) is 6.17. The molecule has 0 amide bonds. The van der Waals surface area contributed by atoms with Gasteiger partial charge in [0.15, 0.2) is 0 Å². The van der Waals surface area contributed by atoms with Crippen LogP contribution in [0.1, 0.15) is 32.5 Å². The van der Waals surface area contributed by atoms with Crippen LogP contribution in [-0.2, 0) is 0 Å².